The van der Waals surface area contributed by atoms with Crippen molar-refractivity contribution in [2.75, 3.05) is 0 Å². The van der Waals surface area contributed by atoms with E-state index in [2.05, 4.69) is 10.3 Å². The van der Waals surface area contributed by atoms with Crippen molar-refractivity contribution in [1.29, 1.82) is 0 Å². The van der Waals surface area contributed by atoms with E-state index in [4.69, 9.17) is 0 Å². The van der Waals surface area contributed by atoms with Gasteiger partial charge < -0.3 is 10.3 Å². The van der Waals surface area contributed by atoms with Gasteiger partial charge in [0.05, 0.1) is 0 Å². The second-order valence-corrected chi connectivity index (χ2v) is 2.57. The molecule has 0 spiro atoms. The van der Waals surface area contributed by atoms with Gasteiger partial charge in [-0.1, -0.05) is 12.2 Å². The standard InChI is InChI=1S/C6H7N.C4H4N2O2/c1-2-4-6-7-5-3-1;7-3-1-2-5-4(8)6-3/h1-7H;1-2H,(H2,5,6,7,8). The molecule has 3 N–H and O–H groups in total. The van der Waals surface area contributed by atoms with Gasteiger partial charge in [0, 0.05) is 24.7 Å². The van der Waals surface area contributed by atoms with Crippen LogP contribution in [0.15, 0.2) is 58.6 Å². The molecule has 78 valence electrons. The minimum atomic E-state index is -0.475. The van der Waals surface area contributed by atoms with Crippen molar-refractivity contribution in [3.8, 4) is 0 Å². The Morgan fingerprint density at radius 1 is 0.933 bits per heavy atom. The van der Waals surface area contributed by atoms with E-state index in [1.807, 2.05) is 41.7 Å². The first-order valence-electron chi connectivity index (χ1n) is 4.31. The van der Waals surface area contributed by atoms with Crippen molar-refractivity contribution < 1.29 is 0 Å². The number of hydrogen-bond donors (Lipinski definition) is 3. The molecule has 2 heterocycles. The molecule has 0 saturated heterocycles. The fourth-order valence-electron chi connectivity index (χ4n) is 0.789. The quantitative estimate of drug-likeness (QED) is 0.567. The maximum atomic E-state index is 10.2. The Kier molecular flexibility index (Phi) is 4.45. The monoisotopic (exact) mass is 205 g/mol. The Labute approximate surface area is 85.9 Å². The second kappa shape index (κ2) is 6.20. The lowest BCUT2D eigenvalue weighted by Gasteiger charge is -1.79. The lowest BCUT2D eigenvalue weighted by Crippen LogP contribution is -2.19. The SMILES string of the molecule is C1=CC=CNC=C1.O=c1cc[nH]c(=O)[nH]1. The highest BCUT2D eigenvalue weighted by Crippen LogP contribution is 1.81. The van der Waals surface area contributed by atoms with Crippen LogP contribution in [-0.4, -0.2) is 9.97 Å². The highest BCUT2D eigenvalue weighted by Gasteiger charge is 1.77. The Morgan fingerprint density at radius 3 is 2.07 bits per heavy atom. The number of allylic oxidation sites excluding steroid dienone is 4. The molecule has 0 bridgehead atoms. The van der Waals surface area contributed by atoms with Crippen molar-refractivity contribution in [3.63, 3.8) is 0 Å². The number of H-pyrrole nitrogens is 2. The molecule has 0 unspecified atom stereocenters. The van der Waals surface area contributed by atoms with Gasteiger partial charge in [0.2, 0.25) is 0 Å². The smallest absolute Gasteiger partial charge is 0.325 e. The predicted molar refractivity (Wildman–Crippen MR) is 58.2 cm³/mol. The molecule has 0 aromatic carbocycles. The molecule has 5 nitrogen and oxygen atoms in total. The number of nitrogens with one attached hydrogen (secondary N) is 3. The van der Waals surface area contributed by atoms with Crippen LogP contribution in [0.25, 0.3) is 0 Å². The van der Waals surface area contributed by atoms with Crippen LogP contribution in [-0.2, 0) is 0 Å². The third-order valence-corrected chi connectivity index (χ3v) is 1.40. The number of aromatic nitrogens is 2. The van der Waals surface area contributed by atoms with Gasteiger partial charge in [-0.3, -0.25) is 9.78 Å². The van der Waals surface area contributed by atoms with Crippen LogP contribution in [0.1, 0.15) is 0 Å². The molecule has 1 aromatic heterocycles. The van der Waals surface area contributed by atoms with Gasteiger partial charge in [-0.15, -0.1) is 0 Å². The third-order valence-electron chi connectivity index (χ3n) is 1.40. The van der Waals surface area contributed by atoms with Crippen molar-refractivity contribution in [3.05, 3.63) is 69.8 Å². The minimum absolute atomic E-state index is 0.381. The lowest BCUT2D eigenvalue weighted by molar-refractivity contribution is 1.04. The molecule has 1 aliphatic rings. The summed E-state index contributed by atoms with van der Waals surface area (Å²) in [5, 5.41) is 2.92. The maximum Gasteiger partial charge on any atom is 0.325 e. The average Bonchev–Trinajstić information content (AvgIpc) is 2.49. The third kappa shape index (κ3) is 5.09. The van der Waals surface area contributed by atoms with Crippen molar-refractivity contribution in [1.82, 2.24) is 15.3 Å². The molecule has 0 amide bonds. The molecule has 15 heavy (non-hydrogen) atoms. The van der Waals surface area contributed by atoms with Gasteiger partial charge in [0.25, 0.3) is 5.56 Å². The zero-order chi connectivity index (χ0) is 10.9. The molecule has 1 aromatic rings. The fraction of sp³-hybridized carbons (Fsp3) is 0. The summed E-state index contributed by atoms with van der Waals surface area (Å²) in [6.45, 7) is 0. The molecule has 0 radical (unpaired) electrons. The van der Waals surface area contributed by atoms with Crippen LogP contribution in [0.5, 0.6) is 0 Å². The first-order valence-corrected chi connectivity index (χ1v) is 4.31. The first kappa shape index (κ1) is 10.8. The largest absolute Gasteiger partial charge is 0.368 e. The summed E-state index contributed by atoms with van der Waals surface area (Å²) in [5.41, 5.74) is -0.855. The van der Waals surface area contributed by atoms with Gasteiger partial charge in [-0.25, -0.2) is 4.79 Å². The lowest BCUT2D eigenvalue weighted by atomic mass is 10.5. The molecular weight excluding hydrogens is 194 g/mol. The number of hydrogen-bond acceptors (Lipinski definition) is 3. The molecule has 2 rings (SSSR count). The van der Waals surface area contributed by atoms with Crippen LogP contribution in [0.4, 0.5) is 0 Å². The molecule has 5 heteroatoms. The fourth-order valence-corrected chi connectivity index (χ4v) is 0.789. The van der Waals surface area contributed by atoms with Crippen LogP contribution >= 0.6 is 0 Å². The van der Waals surface area contributed by atoms with Gasteiger partial charge >= 0.3 is 5.69 Å². The zero-order valence-electron chi connectivity index (χ0n) is 7.94. The van der Waals surface area contributed by atoms with Crippen LogP contribution < -0.4 is 16.6 Å². The summed E-state index contributed by atoms with van der Waals surface area (Å²) < 4.78 is 0. The number of rotatable bonds is 0. The van der Waals surface area contributed by atoms with E-state index < -0.39 is 5.69 Å². The van der Waals surface area contributed by atoms with E-state index in [-0.39, 0.29) is 5.56 Å². The average molecular weight is 205 g/mol. The van der Waals surface area contributed by atoms with E-state index in [1.165, 1.54) is 12.3 Å². The zero-order valence-corrected chi connectivity index (χ0v) is 7.94. The maximum absolute atomic E-state index is 10.2. The Morgan fingerprint density at radius 2 is 1.60 bits per heavy atom. The van der Waals surface area contributed by atoms with Crippen molar-refractivity contribution >= 4 is 0 Å². The summed E-state index contributed by atoms with van der Waals surface area (Å²) in [6, 6.07) is 1.24. The molecule has 0 fully saturated rings. The van der Waals surface area contributed by atoms with Gasteiger partial charge in [-0.05, 0) is 12.2 Å². The highest BCUT2D eigenvalue weighted by molar-refractivity contribution is 5.14. The van der Waals surface area contributed by atoms with Crippen LogP contribution in [0, 0.1) is 0 Å². The van der Waals surface area contributed by atoms with Crippen LogP contribution in [0.3, 0.4) is 0 Å². The Balaban J connectivity index is 0.000000151. The Bertz CT molecular complexity index is 440. The summed E-state index contributed by atoms with van der Waals surface area (Å²) in [5.74, 6) is 0. The molecule has 0 saturated carbocycles. The highest BCUT2D eigenvalue weighted by atomic mass is 16.2. The van der Waals surface area contributed by atoms with E-state index >= 15 is 0 Å². The topological polar surface area (TPSA) is 77.8 Å². The normalized spacial score (nSPS) is 12.3. The van der Waals surface area contributed by atoms with Gasteiger partial charge in [-0.2, -0.15) is 0 Å². The predicted octanol–water partition coefficient (Wildman–Crippen LogP) is 0.236. The molecular formula is C10H11N3O2. The minimum Gasteiger partial charge on any atom is -0.368 e. The van der Waals surface area contributed by atoms with E-state index in [0.29, 0.717) is 0 Å². The molecule has 0 atom stereocenters. The van der Waals surface area contributed by atoms with E-state index in [1.54, 1.807) is 0 Å². The van der Waals surface area contributed by atoms with E-state index in [0.717, 1.165) is 0 Å². The first-order chi connectivity index (χ1) is 7.29. The summed E-state index contributed by atoms with van der Waals surface area (Å²) in [7, 11) is 0. The van der Waals surface area contributed by atoms with Crippen molar-refractivity contribution in [2.24, 2.45) is 0 Å². The van der Waals surface area contributed by atoms with Crippen molar-refractivity contribution in [2.45, 2.75) is 0 Å². The second-order valence-electron chi connectivity index (χ2n) is 2.57. The molecule has 1 aliphatic heterocycles. The van der Waals surface area contributed by atoms with E-state index in [9.17, 15) is 9.59 Å². The summed E-state index contributed by atoms with van der Waals surface area (Å²) in [6.07, 6.45) is 12.9. The number of aromatic amines is 2. The Hall–Kier alpha value is -2.30. The summed E-state index contributed by atoms with van der Waals surface area (Å²) in [4.78, 5) is 24.7. The van der Waals surface area contributed by atoms with Crippen LogP contribution in [0.2, 0.25) is 0 Å². The van der Waals surface area contributed by atoms with Gasteiger partial charge in [0.15, 0.2) is 0 Å². The summed E-state index contributed by atoms with van der Waals surface area (Å²) >= 11 is 0. The van der Waals surface area contributed by atoms with Gasteiger partial charge in [0.1, 0.15) is 0 Å². The molecule has 0 aliphatic carbocycles.